The second kappa shape index (κ2) is 7.03. The Balaban J connectivity index is 1.69. The quantitative estimate of drug-likeness (QED) is 0.842. The molecule has 1 fully saturated rings. The van der Waals surface area contributed by atoms with Crippen LogP contribution in [0.3, 0.4) is 0 Å². The summed E-state index contributed by atoms with van der Waals surface area (Å²) in [6.45, 7) is 8.10. The summed E-state index contributed by atoms with van der Waals surface area (Å²) in [7, 11) is 0. The number of thiazole rings is 1. The van der Waals surface area contributed by atoms with Gasteiger partial charge in [-0.1, -0.05) is 13.8 Å². The van der Waals surface area contributed by atoms with E-state index in [-0.39, 0.29) is 17.7 Å². The fourth-order valence-corrected chi connectivity index (χ4v) is 4.49. The Hall–Kier alpha value is -1.73. The molecule has 1 aliphatic rings. The van der Waals surface area contributed by atoms with Gasteiger partial charge >= 0.3 is 0 Å². The average molecular weight is 364 g/mol. The molecule has 5 nitrogen and oxygen atoms in total. The molecule has 7 heteroatoms. The van der Waals surface area contributed by atoms with Crippen molar-refractivity contribution in [1.29, 1.82) is 0 Å². The van der Waals surface area contributed by atoms with Gasteiger partial charge < -0.3 is 9.80 Å². The van der Waals surface area contributed by atoms with Crippen LogP contribution in [0.5, 0.6) is 0 Å². The van der Waals surface area contributed by atoms with Gasteiger partial charge in [-0.3, -0.25) is 9.59 Å². The van der Waals surface area contributed by atoms with Crippen molar-refractivity contribution in [2.45, 2.75) is 20.8 Å². The molecule has 1 saturated heterocycles. The zero-order valence-electron chi connectivity index (χ0n) is 14.1. The zero-order chi connectivity index (χ0) is 17.3. The Labute approximate surface area is 149 Å². The maximum atomic E-state index is 12.8. The van der Waals surface area contributed by atoms with Gasteiger partial charge in [-0.15, -0.1) is 11.3 Å². The van der Waals surface area contributed by atoms with E-state index in [4.69, 9.17) is 0 Å². The smallest absolute Gasteiger partial charge is 0.265 e. The predicted molar refractivity (Wildman–Crippen MR) is 97.5 cm³/mol. The summed E-state index contributed by atoms with van der Waals surface area (Å²) in [5, 5.41) is 4.95. The molecule has 3 heterocycles. The van der Waals surface area contributed by atoms with Crippen molar-refractivity contribution in [3.8, 4) is 10.6 Å². The number of aromatic nitrogens is 1. The monoisotopic (exact) mass is 363 g/mol. The maximum Gasteiger partial charge on any atom is 0.265 e. The number of hydrogen-bond donors (Lipinski definition) is 0. The first-order chi connectivity index (χ1) is 11.5. The van der Waals surface area contributed by atoms with E-state index in [2.05, 4.69) is 4.98 Å². The van der Waals surface area contributed by atoms with E-state index >= 15 is 0 Å². The molecule has 2 aromatic heterocycles. The van der Waals surface area contributed by atoms with Crippen molar-refractivity contribution < 1.29 is 9.59 Å². The normalized spacial score (nSPS) is 15.2. The Morgan fingerprint density at radius 2 is 1.83 bits per heavy atom. The molecule has 0 atom stereocenters. The van der Waals surface area contributed by atoms with E-state index < -0.39 is 0 Å². The van der Waals surface area contributed by atoms with Gasteiger partial charge in [0.1, 0.15) is 9.88 Å². The molecule has 0 unspecified atom stereocenters. The summed E-state index contributed by atoms with van der Waals surface area (Å²) >= 11 is 3.08. The molecule has 0 bridgehead atoms. The highest BCUT2D eigenvalue weighted by molar-refractivity contribution is 7.17. The first kappa shape index (κ1) is 17.1. The number of aryl methyl sites for hydroxylation is 1. The van der Waals surface area contributed by atoms with Crippen LogP contribution in [0, 0.1) is 12.8 Å². The van der Waals surface area contributed by atoms with Gasteiger partial charge in [0.2, 0.25) is 5.91 Å². The van der Waals surface area contributed by atoms with Crippen LogP contribution < -0.4 is 0 Å². The molecular formula is C17H21N3O2S2. The Kier molecular flexibility index (Phi) is 5.01. The minimum atomic E-state index is 0.00385. The SMILES string of the molecule is Cc1nc(-c2ccsc2)sc1C(=O)N1CCN(C(=O)C(C)C)CC1. The largest absolute Gasteiger partial charge is 0.339 e. The van der Waals surface area contributed by atoms with Crippen LogP contribution >= 0.6 is 22.7 Å². The fraction of sp³-hybridized carbons (Fsp3) is 0.471. The lowest BCUT2D eigenvalue weighted by molar-refractivity contribution is -0.135. The molecule has 1 aliphatic heterocycles. The second-order valence-electron chi connectivity index (χ2n) is 6.22. The van der Waals surface area contributed by atoms with Crippen LogP contribution in [-0.4, -0.2) is 52.8 Å². The molecule has 2 aromatic rings. The average Bonchev–Trinajstić information content (AvgIpc) is 3.23. The lowest BCUT2D eigenvalue weighted by Crippen LogP contribution is -2.51. The third-order valence-corrected chi connectivity index (χ3v) is 6.01. The highest BCUT2D eigenvalue weighted by Gasteiger charge is 2.28. The molecule has 0 aliphatic carbocycles. The third kappa shape index (κ3) is 3.37. The Bertz CT molecular complexity index is 729. The van der Waals surface area contributed by atoms with E-state index in [0.717, 1.165) is 16.3 Å². The number of nitrogens with zero attached hydrogens (tertiary/aromatic N) is 3. The first-order valence-corrected chi connectivity index (χ1v) is 9.81. The van der Waals surface area contributed by atoms with Gasteiger partial charge in [0, 0.05) is 43.0 Å². The van der Waals surface area contributed by atoms with E-state index in [1.807, 2.05) is 47.4 Å². The van der Waals surface area contributed by atoms with E-state index in [1.54, 1.807) is 11.3 Å². The number of hydrogen-bond acceptors (Lipinski definition) is 5. The minimum Gasteiger partial charge on any atom is -0.339 e. The molecule has 24 heavy (non-hydrogen) atoms. The van der Waals surface area contributed by atoms with Gasteiger partial charge in [0.05, 0.1) is 5.69 Å². The molecule has 0 N–H and O–H groups in total. The summed E-state index contributed by atoms with van der Waals surface area (Å²) in [5.41, 5.74) is 1.85. The van der Waals surface area contributed by atoms with E-state index in [1.165, 1.54) is 11.3 Å². The number of amides is 2. The summed E-state index contributed by atoms with van der Waals surface area (Å²) in [4.78, 5) is 33.8. The third-order valence-electron chi connectivity index (χ3n) is 4.13. The van der Waals surface area contributed by atoms with Crippen molar-refractivity contribution in [2.24, 2.45) is 5.92 Å². The highest BCUT2D eigenvalue weighted by Crippen LogP contribution is 2.30. The van der Waals surface area contributed by atoms with Crippen molar-refractivity contribution in [3.05, 3.63) is 27.4 Å². The predicted octanol–water partition coefficient (Wildman–Crippen LogP) is 3.12. The number of rotatable bonds is 3. The first-order valence-electron chi connectivity index (χ1n) is 8.05. The molecule has 0 spiro atoms. The van der Waals surface area contributed by atoms with Crippen LogP contribution in [0.4, 0.5) is 0 Å². The minimum absolute atomic E-state index is 0.00385. The number of carbonyl (C=O) groups is 2. The van der Waals surface area contributed by atoms with Gasteiger partial charge in [-0.2, -0.15) is 11.3 Å². The molecule has 0 aromatic carbocycles. The van der Waals surface area contributed by atoms with Crippen LogP contribution in [0.15, 0.2) is 16.8 Å². The van der Waals surface area contributed by atoms with Crippen LogP contribution in [0.2, 0.25) is 0 Å². The zero-order valence-corrected chi connectivity index (χ0v) is 15.7. The van der Waals surface area contributed by atoms with Crippen molar-refractivity contribution in [2.75, 3.05) is 26.2 Å². The summed E-state index contributed by atoms with van der Waals surface area (Å²) in [6, 6.07) is 2.02. The van der Waals surface area contributed by atoms with Crippen molar-refractivity contribution in [3.63, 3.8) is 0 Å². The topological polar surface area (TPSA) is 53.5 Å². The number of thiophene rings is 1. The fourth-order valence-electron chi connectivity index (χ4n) is 2.74. The number of carbonyl (C=O) groups excluding carboxylic acids is 2. The van der Waals surface area contributed by atoms with Crippen LogP contribution in [0.1, 0.15) is 29.2 Å². The lowest BCUT2D eigenvalue weighted by atomic mass is 10.1. The standard InChI is InChI=1S/C17H21N3O2S2/c1-11(2)16(21)19-5-7-20(8-6-19)17(22)14-12(3)18-15(24-14)13-4-9-23-10-13/h4,9-11H,5-8H2,1-3H3. The Morgan fingerprint density at radius 3 is 2.42 bits per heavy atom. The number of piperazine rings is 1. The van der Waals surface area contributed by atoms with Crippen molar-refractivity contribution in [1.82, 2.24) is 14.8 Å². The van der Waals surface area contributed by atoms with Gasteiger partial charge in [-0.05, 0) is 18.4 Å². The second-order valence-corrected chi connectivity index (χ2v) is 8.00. The molecule has 2 amide bonds. The van der Waals surface area contributed by atoms with Gasteiger partial charge in [0.15, 0.2) is 0 Å². The van der Waals surface area contributed by atoms with Crippen molar-refractivity contribution >= 4 is 34.5 Å². The molecule has 0 saturated carbocycles. The molecule has 128 valence electrons. The van der Waals surface area contributed by atoms with Crippen LogP contribution in [-0.2, 0) is 4.79 Å². The van der Waals surface area contributed by atoms with Gasteiger partial charge in [-0.25, -0.2) is 4.98 Å². The molecular weight excluding hydrogens is 342 g/mol. The summed E-state index contributed by atoms with van der Waals surface area (Å²) < 4.78 is 0. The highest BCUT2D eigenvalue weighted by atomic mass is 32.1. The maximum absolute atomic E-state index is 12.8. The lowest BCUT2D eigenvalue weighted by Gasteiger charge is -2.35. The van der Waals surface area contributed by atoms with E-state index in [9.17, 15) is 9.59 Å². The molecule has 3 rings (SSSR count). The summed E-state index contributed by atoms with van der Waals surface area (Å²) in [5.74, 6) is 0.197. The van der Waals surface area contributed by atoms with E-state index in [0.29, 0.717) is 31.1 Å². The molecule has 0 radical (unpaired) electrons. The Morgan fingerprint density at radius 1 is 1.17 bits per heavy atom. The van der Waals surface area contributed by atoms with Crippen LogP contribution in [0.25, 0.3) is 10.6 Å². The summed E-state index contributed by atoms with van der Waals surface area (Å²) in [6.07, 6.45) is 0. The van der Waals surface area contributed by atoms with Gasteiger partial charge in [0.25, 0.3) is 5.91 Å².